The summed E-state index contributed by atoms with van der Waals surface area (Å²) in [5.41, 5.74) is 0.178. The number of benzene rings is 1. The predicted molar refractivity (Wildman–Crippen MR) is 106 cm³/mol. The second kappa shape index (κ2) is 14.2. The van der Waals surface area contributed by atoms with E-state index < -0.39 is 12.1 Å². The summed E-state index contributed by atoms with van der Waals surface area (Å²) in [5, 5.41) is 10.3. The van der Waals surface area contributed by atoms with Crippen LogP contribution in [-0.2, 0) is 19.8 Å². The maximum atomic E-state index is 10.3. The van der Waals surface area contributed by atoms with Crippen LogP contribution in [0.4, 0.5) is 0 Å². The van der Waals surface area contributed by atoms with Gasteiger partial charge in [-0.15, -0.1) is 0 Å². The van der Waals surface area contributed by atoms with Crippen molar-refractivity contribution in [2.24, 2.45) is 0 Å². The molecule has 0 aliphatic rings. The fourth-order valence-electron chi connectivity index (χ4n) is 3.16. The van der Waals surface area contributed by atoms with Gasteiger partial charge in [0, 0.05) is 13.2 Å². The molecule has 0 radical (unpaired) electrons. The average molecular weight is 367 g/mol. The Balaban J connectivity index is 2.74. The molecule has 1 aromatic carbocycles. The van der Waals surface area contributed by atoms with Gasteiger partial charge >= 0.3 is 0 Å². The molecule has 0 heterocycles. The average Bonchev–Trinajstić information content (AvgIpc) is 2.67. The highest BCUT2D eigenvalue weighted by atomic mass is 16.8. The number of hydrogen-bond acceptors (Lipinski definition) is 4. The van der Waals surface area contributed by atoms with E-state index in [1.165, 1.54) is 32.1 Å². The fourth-order valence-corrected chi connectivity index (χ4v) is 3.16. The fraction of sp³-hybridized carbons (Fsp3) is 0.727. The standard InChI is InChI=1S/C22H38O4/c1-4-7-8-9-10-11-15-18-22(19-23,20-16-13-12-14-17-20)26-21(24-5-2)25-6-3/h12-14,16-17,21,23H,4-11,15,18-19H2,1-3H3. The molecule has 0 fully saturated rings. The monoisotopic (exact) mass is 366 g/mol. The molecule has 0 aromatic heterocycles. The summed E-state index contributed by atoms with van der Waals surface area (Å²) in [4.78, 5) is 0. The first-order valence-electron chi connectivity index (χ1n) is 10.3. The lowest BCUT2D eigenvalue weighted by Crippen LogP contribution is -2.40. The van der Waals surface area contributed by atoms with Crippen molar-refractivity contribution in [3.05, 3.63) is 35.9 Å². The lowest BCUT2D eigenvalue weighted by Gasteiger charge is -2.35. The molecule has 0 bridgehead atoms. The number of unbranched alkanes of at least 4 members (excludes halogenated alkanes) is 6. The van der Waals surface area contributed by atoms with Gasteiger partial charge in [-0.25, -0.2) is 0 Å². The Labute approximate surface area is 159 Å². The molecule has 150 valence electrons. The van der Waals surface area contributed by atoms with E-state index >= 15 is 0 Å². The number of aliphatic hydroxyl groups is 1. The second-order valence-corrected chi connectivity index (χ2v) is 6.71. The van der Waals surface area contributed by atoms with Gasteiger partial charge in [-0.05, 0) is 25.8 Å². The molecule has 1 aromatic rings. The Morgan fingerprint density at radius 2 is 1.42 bits per heavy atom. The van der Waals surface area contributed by atoms with Gasteiger partial charge in [0.1, 0.15) is 5.60 Å². The van der Waals surface area contributed by atoms with Crippen LogP contribution in [0.15, 0.2) is 30.3 Å². The van der Waals surface area contributed by atoms with Crippen LogP contribution in [0.1, 0.15) is 77.7 Å². The van der Waals surface area contributed by atoms with E-state index in [9.17, 15) is 5.11 Å². The minimum absolute atomic E-state index is 0.0938. The second-order valence-electron chi connectivity index (χ2n) is 6.71. The molecule has 26 heavy (non-hydrogen) atoms. The predicted octanol–water partition coefficient (Wildman–Crippen LogP) is 5.39. The normalized spacial score (nSPS) is 13.9. The van der Waals surface area contributed by atoms with Crippen molar-refractivity contribution in [1.82, 2.24) is 0 Å². The zero-order valence-corrected chi connectivity index (χ0v) is 16.9. The van der Waals surface area contributed by atoms with Gasteiger partial charge in [0.05, 0.1) is 6.61 Å². The van der Waals surface area contributed by atoms with Crippen molar-refractivity contribution in [1.29, 1.82) is 0 Å². The zero-order valence-electron chi connectivity index (χ0n) is 16.9. The van der Waals surface area contributed by atoms with Crippen molar-refractivity contribution in [3.63, 3.8) is 0 Å². The third-order valence-corrected chi connectivity index (χ3v) is 4.67. The molecule has 0 spiro atoms. The van der Waals surface area contributed by atoms with Crippen molar-refractivity contribution in [2.75, 3.05) is 19.8 Å². The van der Waals surface area contributed by atoms with Crippen LogP contribution >= 0.6 is 0 Å². The molecular formula is C22H38O4. The number of hydrogen-bond donors (Lipinski definition) is 1. The maximum absolute atomic E-state index is 10.3. The SMILES string of the molecule is CCCCCCCCCC(CO)(OC(OCC)OCC)c1ccccc1. The molecule has 1 rings (SSSR count). The summed E-state index contributed by atoms with van der Waals surface area (Å²) in [5.74, 6) is 0. The van der Waals surface area contributed by atoms with E-state index in [0.717, 1.165) is 24.8 Å². The van der Waals surface area contributed by atoms with E-state index in [-0.39, 0.29) is 6.61 Å². The Hall–Kier alpha value is -0.940. The van der Waals surface area contributed by atoms with Gasteiger partial charge in [0.2, 0.25) is 0 Å². The molecule has 1 unspecified atom stereocenters. The highest BCUT2D eigenvalue weighted by molar-refractivity contribution is 5.22. The minimum atomic E-state index is -0.792. The molecule has 0 saturated heterocycles. The molecule has 0 amide bonds. The Kier molecular flexibility index (Phi) is 12.6. The van der Waals surface area contributed by atoms with E-state index in [2.05, 4.69) is 6.92 Å². The smallest absolute Gasteiger partial charge is 0.272 e. The summed E-state index contributed by atoms with van der Waals surface area (Å²) in [6.07, 6.45) is 9.32. The van der Waals surface area contributed by atoms with E-state index in [1.54, 1.807) is 0 Å². The molecule has 0 aliphatic heterocycles. The van der Waals surface area contributed by atoms with E-state index in [1.807, 2.05) is 44.2 Å². The molecule has 0 aliphatic carbocycles. The summed E-state index contributed by atoms with van der Waals surface area (Å²) in [6, 6.07) is 9.94. The van der Waals surface area contributed by atoms with Gasteiger partial charge in [-0.3, -0.25) is 0 Å². The Morgan fingerprint density at radius 3 is 1.96 bits per heavy atom. The lowest BCUT2D eigenvalue weighted by molar-refractivity contribution is -0.335. The van der Waals surface area contributed by atoms with Crippen LogP contribution in [0.25, 0.3) is 0 Å². The topological polar surface area (TPSA) is 47.9 Å². The first-order valence-corrected chi connectivity index (χ1v) is 10.3. The third kappa shape index (κ3) is 8.17. The third-order valence-electron chi connectivity index (χ3n) is 4.67. The first kappa shape index (κ1) is 23.1. The summed E-state index contributed by atoms with van der Waals surface area (Å²) >= 11 is 0. The van der Waals surface area contributed by atoms with Crippen LogP contribution in [0.3, 0.4) is 0 Å². The van der Waals surface area contributed by atoms with Crippen molar-refractivity contribution < 1.29 is 19.3 Å². The quantitative estimate of drug-likeness (QED) is 0.315. The van der Waals surface area contributed by atoms with E-state index in [0.29, 0.717) is 13.2 Å². The molecule has 1 atom stereocenters. The van der Waals surface area contributed by atoms with Gasteiger partial charge in [-0.1, -0.05) is 82.2 Å². The van der Waals surface area contributed by atoms with Gasteiger partial charge in [0.25, 0.3) is 6.48 Å². The highest BCUT2D eigenvalue weighted by Crippen LogP contribution is 2.33. The maximum Gasteiger partial charge on any atom is 0.272 e. The summed E-state index contributed by atoms with van der Waals surface area (Å²) in [7, 11) is 0. The molecule has 4 heteroatoms. The summed E-state index contributed by atoms with van der Waals surface area (Å²) < 4.78 is 17.4. The van der Waals surface area contributed by atoms with E-state index in [4.69, 9.17) is 14.2 Å². The number of ether oxygens (including phenoxy) is 3. The van der Waals surface area contributed by atoms with Crippen molar-refractivity contribution >= 4 is 0 Å². The molecular weight excluding hydrogens is 328 g/mol. The Morgan fingerprint density at radius 1 is 0.846 bits per heavy atom. The zero-order chi connectivity index (χ0) is 19.1. The van der Waals surface area contributed by atoms with Gasteiger partial charge in [0.15, 0.2) is 0 Å². The van der Waals surface area contributed by atoms with Crippen LogP contribution in [0.2, 0.25) is 0 Å². The van der Waals surface area contributed by atoms with Gasteiger partial charge in [-0.2, -0.15) is 0 Å². The molecule has 0 saturated carbocycles. The largest absolute Gasteiger partial charge is 0.393 e. The highest BCUT2D eigenvalue weighted by Gasteiger charge is 2.35. The molecule has 1 N–H and O–H groups in total. The number of aliphatic hydroxyl groups excluding tert-OH is 1. The van der Waals surface area contributed by atoms with Crippen molar-refractivity contribution in [2.45, 2.75) is 84.2 Å². The number of rotatable bonds is 16. The minimum Gasteiger partial charge on any atom is -0.393 e. The first-order chi connectivity index (χ1) is 12.7. The van der Waals surface area contributed by atoms with Crippen LogP contribution in [0.5, 0.6) is 0 Å². The lowest BCUT2D eigenvalue weighted by atomic mass is 9.88. The molecule has 4 nitrogen and oxygen atoms in total. The summed E-state index contributed by atoms with van der Waals surface area (Å²) in [6.45, 7) is 6.20. The van der Waals surface area contributed by atoms with Crippen molar-refractivity contribution in [3.8, 4) is 0 Å². The van der Waals surface area contributed by atoms with Gasteiger partial charge < -0.3 is 19.3 Å². The van der Waals surface area contributed by atoms with Crippen LogP contribution in [-0.4, -0.2) is 31.4 Å². The Bertz CT molecular complexity index is 431. The van der Waals surface area contributed by atoms with Crippen LogP contribution < -0.4 is 0 Å². The van der Waals surface area contributed by atoms with Crippen LogP contribution in [0, 0.1) is 0 Å².